The molecule has 0 radical (unpaired) electrons. The number of likely N-dealkylation sites (tertiary alicyclic amines) is 1. The van der Waals surface area contributed by atoms with Crippen LogP contribution in [0, 0.1) is 0 Å². The van der Waals surface area contributed by atoms with Crippen LogP contribution in [-0.2, 0) is 22.6 Å². The van der Waals surface area contributed by atoms with Gasteiger partial charge in [0.05, 0.1) is 13.1 Å². The monoisotopic (exact) mass is 378 g/mol. The molecule has 0 aliphatic carbocycles. The average molecular weight is 379 g/mol. The molecule has 0 aromatic carbocycles. The highest BCUT2D eigenvalue weighted by Crippen LogP contribution is 2.23. The fraction of sp³-hybridized carbons (Fsp3) is 0.684. The van der Waals surface area contributed by atoms with Crippen LogP contribution in [0.1, 0.15) is 36.6 Å². The number of hydrogen-bond donors (Lipinski definition) is 2. The summed E-state index contributed by atoms with van der Waals surface area (Å²) in [7, 11) is 0. The Kier molecular flexibility index (Phi) is 7.05. The third kappa shape index (κ3) is 5.53. The zero-order valence-electron chi connectivity index (χ0n) is 15.6. The van der Waals surface area contributed by atoms with Crippen LogP contribution in [0.4, 0.5) is 0 Å². The van der Waals surface area contributed by atoms with Gasteiger partial charge in [-0.05, 0) is 42.7 Å². The van der Waals surface area contributed by atoms with Gasteiger partial charge in [-0.15, -0.1) is 11.3 Å². The number of amides is 2. The first-order chi connectivity index (χ1) is 12.6. The Hall–Kier alpha value is -1.44. The molecule has 2 aliphatic heterocycles. The van der Waals surface area contributed by atoms with Crippen molar-refractivity contribution in [3.63, 3.8) is 0 Å². The van der Waals surface area contributed by atoms with E-state index in [-0.39, 0.29) is 17.9 Å². The molecule has 1 aromatic heterocycles. The lowest BCUT2D eigenvalue weighted by Crippen LogP contribution is -2.49. The van der Waals surface area contributed by atoms with Gasteiger partial charge < -0.3 is 10.6 Å². The van der Waals surface area contributed by atoms with Gasteiger partial charge in [-0.3, -0.25) is 19.4 Å². The lowest BCUT2D eigenvalue weighted by Gasteiger charge is -2.32. The molecule has 0 spiro atoms. The minimum absolute atomic E-state index is 0.104. The van der Waals surface area contributed by atoms with Gasteiger partial charge in [0.25, 0.3) is 0 Å². The normalized spacial score (nSPS) is 19.1. The zero-order chi connectivity index (χ0) is 18.4. The summed E-state index contributed by atoms with van der Waals surface area (Å²) in [6.07, 6.45) is 3.85. The van der Waals surface area contributed by atoms with Crippen LogP contribution in [0.25, 0.3) is 0 Å². The highest BCUT2D eigenvalue weighted by Gasteiger charge is 2.24. The van der Waals surface area contributed by atoms with Crippen molar-refractivity contribution in [3.05, 3.63) is 21.9 Å². The largest absolute Gasteiger partial charge is 0.355 e. The molecule has 1 saturated heterocycles. The van der Waals surface area contributed by atoms with E-state index in [1.807, 2.05) is 11.3 Å². The molecular weight excluding hydrogens is 348 g/mol. The minimum Gasteiger partial charge on any atom is -0.355 e. The van der Waals surface area contributed by atoms with E-state index >= 15 is 0 Å². The summed E-state index contributed by atoms with van der Waals surface area (Å²) in [5.74, 6) is 0.232. The molecule has 3 rings (SSSR count). The number of carbonyl (C=O) groups is 2. The average Bonchev–Trinajstić information content (AvgIpc) is 3.09. The number of rotatable bonds is 7. The van der Waals surface area contributed by atoms with E-state index in [9.17, 15) is 9.59 Å². The van der Waals surface area contributed by atoms with Crippen molar-refractivity contribution in [2.45, 2.75) is 45.2 Å². The Bertz CT molecular complexity index is 610. The van der Waals surface area contributed by atoms with Crippen molar-refractivity contribution < 1.29 is 9.59 Å². The van der Waals surface area contributed by atoms with Crippen LogP contribution in [0.5, 0.6) is 0 Å². The summed E-state index contributed by atoms with van der Waals surface area (Å²) < 4.78 is 0. The number of fused-ring (bicyclic) bond motifs is 1. The predicted octanol–water partition coefficient (Wildman–Crippen LogP) is 1.21. The summed E-state index contributed by atoms with van der Waals surface area (Å²) in [6.45, 7) is 7.33. The summed E-state index contributed by atoms with van der Waals surface area (Å²) in [6, 6.07) is 2.41. The van der Waals surface area contributed by atoms with Crippen LogP contribution in [-0.4, -0.2) is 66.9 Å². The smallest absolute Gasteiger partial charge is 0.234 e. The summed E-state index contributed by atoms with van der Waals surface area (Å²) in [5.41, 5.74) is 1.38. The van der Waals surface area contributed by atoms with Crippen LogP contribution in [0.3, 0.4) is 0 Å². The van der Waals surface area contributed by atoms with Gasteiger partial charge in [-0.1, -0.05) is 6.92 Å². The van der Waals surface area contributed by atoms with Gasteiger partial charge in [0.15, 0.2) is 0 Å². The predicted molar refractivity (Wildman–Crippen MR) is 104 cm³/mol. The Morgan fingerprint density at radius 2 is 1.92 bits per heavy atom. The second-order valence-corrected chi connectivity index (χ2v) is 8.30. The lowest BCUT2D eigenvalue weighted by molar-refractivity contribution is -0.125. The van der Waals surface area contributed by atoms with Crippen molar-refractivity contribution in [3.8, 4) is 0 Å². The lowest BCUT2D eigenvalue weighted by atomic mass is 10.0. The third-order valence-corrected chi connectivity index (χ3v) is 6.17. The van der Waals surface area contributed by atoms with E-state index in [2.05, 4.69) is 38.8 Å². The van der Waals surface area contributed by atoms with Gasteiger partial charge in [0.1, 0.15) is 0 Å². The number of nitrogens with one attached hydrogen (secondary N) is 2. The van der Waals surface area contributed by atoms with E-state index in [0.717, 1.165) is 58.4 Å². The quantitative estimate of drug-likeness (QED) is 0.749. The van der Waals surface area contributed by atoms with E-state index in [1.54, 1.807) is 0 Å². The first-order valence-corrected chi connectivity index (χ1v) is 10.6. The fourth-order valence-corrected chi connectivity index (χ4v) is 4.57. The number of piperidine rings is 1. The van der Waals surface area contributed by atoms with Gasteiger partial charge >= 0.3 is 0 Å². The van der Waals surface area contributed by atoms with Crippen LogP contribution in [0.2, 0.25) is 0 Å². The number of carbonyl (C=O) groups excluding carboxylic acids is 2. The van der Waals surface area contributed by atoms with Crippen molar-refractivity contribution >= 4 is 23.2 Å². The van der Waals surface area contributed by atoms with E-state index in [0.29, 0.717) is 13.1 Å². The Labute approximate surface area is 159 Å². The molecule has 2 amide bonds. The molecule has 2 N–H and O–H groups in total. The molecule has 2 aliphatic rings. The minimum atomic E-state index is 0.104. The van der Waals surface area contributed by atoms with Crippen molar-refractivity contribution in [2.75, 3.05) is 39.3 Å². The highest BCUT2D eigenvalue weighted by atomic mass is 32.1. The van der Waals surface area contributed by atoms with Crippen LogP contribution >= 0.6 is 11.3 Å². The molecule has 7 heteroatoms. The van der Waals surface area contributed by atoms with Crippen molar-refractivity contribution in [2.24, 2.45) is 0 Å². The third-order valence-electron chi connectivity index (χ3n) is 5.15. The molecule has 1 fully saturated rings. The second kappa shape index (κ2) is 9.48. The fourth-order valence-electron chi connectivity index (χ4n) is 3.68. The molecule has 3 heterocycles. The highest BCUT2D eigenvalue weighted by molar-refractivity contribution is 7.10. The van der Waals surface area contributed by atoms with E-state index < -0.39 is 0 Å². The van der Waals surface area contributed by atoms with Crippen LogP contribution in [0.15, 0.2) is 11.4 Å². The molecule has 0 saturated carbocycles. The Balaban J connectivity index is 1.34. The number of thiophene rings is 1. The van der Waals surface area contributed by atoms with Gasteiger partial charge in [-0.2, -0.15) is 0 Å². The number of hydrogen-bond acceptors (Lipinski definition) is 5. The summed E-state index contributed by atoms with van der Waals surface area (Å²) >= 11 is 1.82. The maximum atomic E-state index is 12.4. The van der Waals surface area contributed by atoms with E-state index in [4.69, 9.17) is 0 Å². The zero-order valence-corrected chi connectivity index (χ0v) is 16.4. The molecule has 144 valence electrons. The molecule has 0 bridgehead atoms. The first kappa shape index (κ1) is 19.3. The summed E-state index contributed by atoms with van der Waals surface area (Å²) in [4.78, 5) is 30.1. The van der Waals surface area contributed by atoms with Crippen LogP contribution < -0.4 is 10.6 Å². The van der Waals surface area contributed by atoms with Crippen molar-refractivity contribution in [1.82, 2.24) is 20.4 Å². The SMILES string of the molecule is CCCNC(=O)CN1CCC(NC(=O)CN2CCc3sccc3C2)CC1. The summed E-state index contributed by atoms with van der Waals surface area (Å²) in [5, 5.41) is 8.25. The topological polar surface area (TPSA) is 64.7 Å². The standard InChI is InChI=1S/C19H30N4O2S/c1-2-7-20-18(24)13-22-8-3-16(4-9-22)21-19(25)14-23-10-5-17-15(12-23)6-11-26-17/h6,11,16H,2-5,7-10,12-14H2,1H3,(H,20,24)(H,21,25). The molecule has 0 atom stereocenters. The van der Waals surface area contributed by atoms with Gasteiger partial charge in [-0.25, -0.2) is 0 Å². The molecule has 0 unspecified atom stereocenters. The maximum Gasteiger partial charge on any atom is 0.234 e. The number of nitrogens with zero attached hydrogens (tertiary/aromatic N) is 2. The Morgan fingerprint density at radius 1 is 1.15 bits per heavy atom. The Morgan fingerprint density at radius 3 is 2.69 bits per heavy atom. The molecule has 6 nitrogen and oxygen atoms in total. The molecule has 26 heavy (non-hydrogen) atoms. The van der Waals surface area contributed by atoms with E-state index in [1.165, 1.54) is 10.4 Å². The maximum absolute atomic E-state index is 12.4. The first-order valence-electron chi connectivity index (χ1n) is 9.70. The molecule has 1 aromatic rings. The van der Waals surface area contributed by atoms with Gasteiger partial charge in [0.2, 0.25) is 11.8 Å². The van der Waals surface area contributed by atoms with Gasteiger partial charge in [0, 0.05) is 43.6 Å². The second-order valence-electron chi connectivity index (χ2n) is 7.30. The van der Waals surface area contributed by atoms with Crippen molar-refractivity contribution in [1.29, 1.82) is 0 Å². The molecular formula is C19H30N4O2S.